The van der Waals surface area contributed by atoms with Gasteiger partial charge in [0.15, 0.2) is 0 Å². The third-order valence-corrected chi connectivity index (χ3v) is 3.54. The lowest BCUT2D eigenvalue weighted by Crippen LogP contribution is -2.51. The summed E-state index contributed by atoms with van der Waals surface area (Å²) in [5.74, 6) is 0.180. The minimum absolute atomic E-state index is 0.180. The average molecular weight is 283 g/mol. The van der Waals surface area contributed by atoms with Crippen molar-refractivity contribution in [3.8, 4) is 0 Å². The molecule has 0 radical (unpaired) electrons. The fraction of sp³-hybridized carbons (Fsp3) is 0.800. The van der Waals surface area contributed by atoms with Gasteiger partial charge in [0, 0.05) is 45.8 Å². The van der Waals surface area contributed by atoms with E-state index in [2.05, 4.69) is 16.4 Å². The number of amides is 1. The van der Waals surface area contributed by atoms with Crippen molar-refractivity contribution in [1.29, 1.82) is 0 Å². The first kappa shape index (κ1) is 17.1. The van der Waals surface area contributed by atoms with Crippen LogP contribution in [0.15, 0.2) is 12.2 Å². The van der Waals surface area contributed by atoms with Crippen LogP contribution in [0.4, 0.5) is 0 Å². The van der Waals surface area contributed by atoms with Gasteiger partial charge in [-0.3, -0.25) is 14.6 Å². The molecule has 5 nitrogen and oxygen atoms in total. The molecular formula is C15H29N3O2. The highest BCUT2D eigenvalue weighted by atomic mass is 16.3. The number of nitrogens with zero attached hydrogens (tertiary/aromatic N) is 3. The Labute approximate surface area is 122 Å². The summed E-state index contributed by atoms with van der Waals surface area (Å²) < 4.78 is 0. The zero-order valence-corrected chi connectivity index (χ0v) is 13.1. The average Bonchev–Trinajstić information content (AvgIpc) is 2.37. The molecule has 0 saturated carbocycles. The molecule has 0 aromatic heterocycles. The van der Waals surface area contributed by atoms with Crippen molar-refractivity contribution in [1.82, 2.24) is 14.7 Å². The smallest absolute Gasteiger partial charge is 0.237 e. The van der Waals surface area contributed by atoms with Gasteiger partial charge in [-0.25, -0.2) is 0 Å². The van der Waals surface area contributed by atoms with Crippen LogP contribution in [-0.4, -0.2) is 84.2 Å². The number of hydrogen-bond donors (Lipinski definition) is 1. The molecule has 116 valence electrons. The normalized spacial score (nSPS) is 18.8. The molecule has 0 aliphatic carbocycles. The van der Waals surface area contributed by atoms with Gasteiger partial charge >= 0.3 is 0 Å². The van der Waals surface area contributed by atoms with E-state index in [0.29, 0.717) is 13.1 Å². The maximum Gasteiger partial charge on any atom is 0.237 e. The van der Waals surface area contributed by atoms with Crippen molar-refractivity contribution in [2.45, 2.75) is 26.9 Å². The van der Waals surface area contributed by atoms with Gasteiger partial charge < -0.3 is 10.0 Å². The molecule has 1 heterocycles. The number of hydrogen-bond acceptors (Lipinski definition) is 4. The van der Waals surface area contributed by atoms with Gasteiger partial charge in [0.25, 0.3) is 0 Å². The first-order chi connectivity index (χ1) is 9.42. The predicted octanol–water partition coefficient (Wildman–Crippen LogP) is 0.409. The minimum Gasteiger partial charge on any atom is -0.392 e. The van der Waals surface area contributed by atoms with E-state index < -0.39 is 0 Å². The Morgan fingerprint density at radius 1 is 1.30 bits per heavy atom. The molecule has 1 aliphatic heterocycles. The van der Waals surface area contributed by atoms with Crippen molar-refractivity contribution in [2.75, 3.05) is 52.4 Å². The van der Waals surface area contributed by atoms with E-state index in [4.69, 9.17) is 0 Å². The largest absolute Gasteiger partial charge is 0.392 e. The summed E-state index contributed by atoms with van der Waals surface area (Å²) in [6.07, 6.45) is -0.283. The van der Waals surface area contributed by atoms with Gasteiger partial charge in [-0.05, 0) is 20.8 Å². The number of aliphatic hydroxyl groups is 1. The zero-order chi connectivity index (χ0) is 15.1. The summed E-state index contributed by atoms with van der Waals surface area (Å²) in [6.45, 7) is 15.9. The first-order valence-corrected chi connectivity index (χ1v) is 7.47. The Kier molecular flexibility index (Phi) is 7.19. The SMILES string of the molecule is C=C(C)CN(CC)C(=O)CN1CCN(CC(C)O)CC1. The summed E-state index contributed by atoms with van der Waals surface area (Å²) in [5.41, 5.74) is 1.02. The van der Waals surface area contributed by atoms with E-state index in [9.17, 15) is 9.90 Å². The Morgan fingerprint density at radius 3 is 2.30 bits per heavy atom. The highest BCUT2D eigenvalue weighted by molar-refractivity contribution is 5.78. The van der Waals surface area contributed by atoms with Crippen molar-refractivity contribution in [3.63, 3.8) is 0 Å². The highest BCUT2D eigenvalue weighted by Crippen LogP contribution is 2.04. The van der Waals surface area contributed by atoms with Gasteiger partial charge in [-0.1, -0.05) is 12.2 Å². The standard InChI is InChI=1S/C15H29N3O2/c1-5-18(10-13(2)3)15(20)12-17-8-6-16(7-9-17)11-14(4)19/h14,19H,2,5-12H2,1,3-4H3. The fourth-order valence-corrected chi connectivity index (χ4v) is 2.50. The maximum atomic E-state index is 12.2. The number of carbonyl (C=O) groups is 1. The second kappa shape index (κ2) is 8.39. The van der Waals surface area contributed by atoms with Crippen LogP contribution in [0.2, 0.25) is 0 Å². The Bertz CT molecular complexity index is 323. The number of rotatable bonds is 7. The molecule has 1 fully saturated rings. The Morgan fingerprint density at radius 2 is 1.85 bits per heavy atom. The van der Waals surface area contributed by atoms with Crippen molar-refractivity contribution in [3.05, 3.63) is 12.2 Å². The maximum absolute atomic E-state index is 12.2. The third-order valence-electron chi connectivity index (χ3n) is 3.54. The lowest BCUT2D eigenvalue weighted by molar-refractivity contribution is -0.132. The van der Waals surface area contributed by atoms with E-state index in [-0.39, 0.29) is 12.0 Å². The van der Waals surface area contributed by atoms with E-state index in [0.717, 1.165) is 44.8 Å². The molecule has 0 aromatic rings. The van der Waals surface area contributed by atoms with Crippen molar-refractivity contribution < 1.29 is 9.90 Å². The second-order valence-electron chi connectivity index (χ2n) is 5.79. The number of aliphatic hydroxyl groups excluding tert-OH is 1. The summed E-state index contributed by atoms with van der Waals surface area (Å²) >= 11 is 0. The van der Waals surface area contributed by atoms with E-state index in [1.54, 1.807) is 0 Å². The van der Waals surface area contributed by atoms with E-state index in [1.165, 1.54) is 0 Å². The van der Waals surface area contributed by atoms with Crippen LogP contribution in [-0.2, 0) is 4.79 Å². The van der Waals surface area contributed by atoms with Crippen molar-refractivity contribution in [2.24, 2.45) is 0 Å². The number of likely N-dealkylation sites (N-methyl/N-ethyl adjacent to an activating group) is 1. The molecule has 5 heteroatoms. The van der Waals surface area contributed by atoms with E-state index >= 15 is 0 Å². The minimum atomic E-state index is -0.283. The third kappa shape index (κ3) is 6.03. The molecule has 1 rings (SSSR count). The molecule has 1 aliphatic rings. The highest BCUT2D eigenvalue weighted by Gasteiger charge is 2.21. The van der Waals surface area contributed by atoms with Gasteiger partial charge in [0.05, 0.1) is 12.6 Å². The number of piperazine rings is 1. The lowest BCUT2D eigenvalue weighted by atomic mass is 10.2. The topological polar surface area (TPSA) is 47.0 Å². The molecule has 1 saturated heterocycles. The molecule has 1 N–H and O–H groups in total. The molecule has 1 amide bonds. The Hall–Kier alpha value is -0.910. The monoisotopic (exact) mass is 283 g/mol. The van der Waals surface area contributed by atoms with Gasteiger partial charge in [0.2, 0.25) is 5.91 Å². The Balaban J connectivity index is 2.35. The van der Waals surface area contributed by atoms with E-state index in [1.807, 2.05) is 25.7 Å². The number of β-amino-alcohol motifs (C(OH)–C–C–N with tert-alkyl or cyclic N) is 1. The number of carbonyl (C=O) groups excluding carboxylic acids is 1. The molecule has 1 atom stereocenters. The summed E-state index contributed by atoms with van der Waals surface area (Å²) in [7, 11) is 0. The fourth-order valence-electron chi connectivity index (χ4n) is 2.50. The molecule has 1 unspecified atom stereocenters. The summed E-state index contributed by atoms with van der Waals surface area (Å²) in [6, 6.07) is 0. The molecule has 0 spiro atoms. The lowest BCUT2D eigenvalue weighted by Gasteiger charge is -2.35. The molecular weight excluding hydrogens is 254 g/mol. The van der Waals surface area contributed by atoms with Crippen LogP contribution in [0.5, 0.6) is 0 Å². The van der Waals surface area contributed by atoms with Crippen LogP contribution in [0, 0.1) is 0 Å². The molecule has 20 heavy (non-hydrogen) atoms. The second-order valence-corrected chi connectivity index (χ2v) is 5.79. The van der Waals surface area contributed by atoms with Gasteiger partial charge in [-0.15, -0.1) is 0 Å². The molecule has 0 bridgehead atoms. The quantitative estimate of drug-likeness (QED) is 0.688. The van der Waals surface area contributed by atoms with Crippen LogP contribution < -0.4 is 0 Å². The first-order valence-electron chi connectivity index (χ1n) is 7.47. The van der Waals surface area contributed by atoms with Crippen LogP contribution in [0.1, 0.15) is 20.8 Å². The van der Waals surface area contributed by atoms with Gasteiger partial charge in [0.1, 0.15) is 0 Å². The summed E-state index contributed by atoms with van der Waals surface area (Å²) in [5, 5.41) is 9.38. The van der Waals surface area contributed by atoms with Crippen LogP contribution >= 0.6 is 0 Å². The molecule has 0 aromatic carbocycles. The van der Waals surface area contributed by atoms with Crippen LogP contribution in [0.3, 0.4) is 0 Å². The van der Waals surface area contributed by atoms with Crippen molar-refractivity contribution >= 4 is 5.91 Å². The van der Waals surface area contributed by atoms with Crippen LogP contribution in [0.25, 0.3) is 0 Å². The van der Waals surface area contributed by atoms with Gasteiger partial charge in [-0.2, -0.15) is 0 Å². The predicted molar refractivity (Wildman–Crippen MR) is 81.6 cm³/mol. The summed E-state index contributed by atoms with van der Waals surface area (Å²) in [4.78, 5) is 18.5. The zero-order valence-electron chi connectivity index (χ0n) is 13.1.